The van der Waals surface area contributed by atoms with Crippen molar-refractivity contribution in [1.82, 2.24) is 15.5 Å². The highest BCUT2D eigenvalue weighted by Crippen LogP contribution is 2.27. The van der Waals surface area contributed by atoms with E-state index in [1.807, 2.05) is 6.92 Å². The summed E-state index contributed by atoms with van der Waals surface area (Å²) < 4.78 is 15.6. The van der Waals surface area contributed by atoms with Gasteiger partial charge in [-0.15, -0.1) is 0 Å². The van der Waals surface area contributed by atoms with Crippen LogP contribution >= 0.6 is 0 Å². The van der Waals surface area contributed by atoms with Crippen LogP contribution < -0.4 is 5.32 Å². The van der Waals surface area contributed by atoms with E-state index in [-0.39, 0.29) is 23.8 Å². The van der Waals surface area contributed by atoms with Crippen LogP contribution in [0.4, 0.5) is 0 Å². The van der Waals surface area contributed by atoms with Gasteiger partial charge in [0.1, 0.15) is 5.69 Å². The van der Waals surface area contributed by atoms with Crippen LogP contribution in [0.5, 0.6) is 0 Å². The molecule has 26 heavy (non-hydrogen) atoms. The molecule has 0 atom stereocenters. The van der Waals surface area contributed by atoms with E-state index < -0.39 is 5.97 Å². The number of furan rings is 1. The number of nitrogens with zero attached hydrogens (tertiary/aromatic N) is 2. The van der Waals surface area contributed by atoms with E-state index in [1.54, 1.807) is 25.1 Å². The lowest BCUT2D eigenvalue weighted by Gasteiger charge is -2.07. The Bertz CT molecular complexity index is 914. The molecule has 3 heterocycles. The zero-order valence-electron chi connectivity index (χ0n) is 14.6. The molecule has 0 fully saturated rings. The largest absolute Gasteiger partial charge is 0.463 e. The number of hydrogen-bond donors (Lipinski definition) is 1. The maximum absolute atomic E-state index is 12.5. The molecule has 0 aliphatic carbocycles. The first-order chi connectivity index (χ1) is 12.6. The summed E-state index contributed by atoms with van der Waals surface area (Å²) in [7, 11) is 0. The van der Waals surface area contributed by atoms with Crippen molar-refractivity contribution in [3.05, 3.63) is 35.7 Å². The lowest BCUT2D eigenvalue weighted by molar-refractivity contribution is -0.124. The summed E-state index contributed by atoms with van der Waals surface area (Å²) >= 11 is 0. The molecule has 0 saturated heterocycles. The quantitative estimate of drug-likeness (QED) is 0.511. The maximum atomic E-state index is 12.5. The number of amides is 1. The number of esters is 1. The summed E-state index contributed by atoms with van der Waals surface area (Å²) in [6, 6.07) is 4.97. The maximum Gasteiger partial charge on any atom is 0.339 e. The SMILES string of the molecule is CCCCNC(=O)COC(=O)c1cc(-c2ccco2)nc2onc(C)c12. The summed E-state index contributed by atoms with van der Waals surface area (Å²) in [6.45, 7) is 3.93. The van der Waals surface area contributed by atoms with Gasteiger partial charge in [-0.25, -0.2) is 9.78 Å². The van der Waals surface area contributed by atoms with E-state index >= 15 is 0 Å². The molecule has 3 aromatic heterocycles. The molecule has 0 bridgehead atoms. The predicted octanol–water partition coefficient (Wildman–Crippen LogP) is 2.86. The normalized spacial score (nSPS) is 10.8. The Labute approximate surface area is 149 Å². The van der Waals surface area contributed by atoms with Gasteiger partial charge in [-0.2, -0.15) is 0 Å². The van der Waals surface area contributed by atoms with E-state index in [9.17, 15) is 9.59 Å². The average molecular weight is 357 g/mol. The Morgan fingerprint density at radius 1 is 1.35 bits per heavy atom. The number of pyridine rings is 1. The third kappa shape index (κ3) is 3.74. The van der Waals surface area contributed by atoms with E-state index in [1.165, 1.54) is 6.26 Å². The van der Waals surface area contributed by atoms with E-state index in [0.29, 0.717) is 29.1 Å². The summed E-state index contributed by atoms with van der Waals surface area (Å²) in [6.07, 6.45) is 3.35. The first-order valence-corrected chi connectivity index (χ1v) is 8.35. The molecular weight excluding hydrogens is 338 g/mol. The zero-order valence-corrected chi connectivity index (χ0v) is 14.6. The van der Waals surface area contributed by atoms with Gasteiger partial charge < -0.3 is 19.0 Å². The monoisotopic (exact) mass is 357 g/mol. The van der Waals surface area contributed by atoms with Crippen molar-refractivity contribution in [2.45, 2.75) is 26.7 Å². The second-order valence-corrected chi connectivity index (χ2v) is 5.76. The standard InChI is InChI=1S/C18H19N3O5/c1-3-4-7-19-15(22)10-25-18(23)12-9-13(14-6-5-8-24-14)20-17-16(12)11(2)21-26-17/h5-6,8-9H,3-4,7,10H2,1-2H3,(H,19,22). The number of carbonyl (C=O) groups excluding carboxylic acids is 2. The van der Waals surface area contributed by atoms with Crippen molar-refractivity contribution in [2.75, 3.05) is 13.2 Å². The third-order valence-corrected chi connectivity index (χ3v) is 3.80. The van der Waals surface area contributed by atoms with Crippen LogP contribution in [-0.4, -0.2) is 35.2 Å². The highest BCUT2D eigenvalue weighted by molar-refractivity contribution is 6.04. The summed E-state index contributed by atoms with van der Waals surface area (Å²) in [5, 5.41) is 7.00. The van der Waals surface area contributed by atoms with Crippen molar-refractivity contribution < 1.29 is 23.3 Å². The van der Waals surface area contributed by atoms with Crippen molar-refractivity contribution in [1.29, 1.82) is 0 Å². The van der Waals surface area contributed by atoms with Gasteiger partial charge in [-0.3, -0.25) is 4.79 Å². The Morgan fingerprint density at radius 2 is 2.19 bits per heavy atom. The minimum Gasteiger partial charge on any atom is -0.463 e. The van der Waals surface area contributed by atoms with Gasteiger partial charge in [-0.1, -0.05) is 18.5 Å². The Morgan fingerprint density at radius 3 is 2.92 bits per heavy atom. The number of hydrogen-bond acceptors (Lipinski definition) is 7. The van der Waals surface area contributed by atoms with Crippen LogP contribution in [0.15, 0.2) is 33.4 Å². The molecule has 3 aromatic rings. The van der Waals surface area contributed by atoms with Gasteiger partial charge in [0.2, 0.25) is 0 Å². The fraction of sp³-hybridized carbons (Fsp3) is 0.333. The van der Waals surface area contributed by atoms with Crippen molar-refractivity contribution in [3.63, 3.8) is 0 Å². The number of rotatable bonds is 7. The molecule has 3 rings (SSSR count). The van der Waals surface area contributed by atoms with Gasteiger partial charge in [-0.05, 0) is 31.5 Å². The van der Waals surface area contributed by atoms with Crippen molar-refractivity contribution in [3.8, 4) is 11.5 Å². The molecule has 1 amide bonds. The summed E-state index contributed by atoms with van der Waals surface area (Å²) in [4.78, 5) is 28.6. The van der Waals surface area contributed by atoms with Gasteiger partial charge in [0.05, 0.1) is 22.9 Å². The molecule has 0 saturated carbocycles. The summed E-state index contributed by atoms with van der Waals surface area (Å²) in [5.41, 5.74) is 1.35. The molecular formula is C18H19N3O5. The van der Waals surface area contributed by atoms with E-state index in [2.05, 4.69) is 15.5 Å². The van der Waals surface area contributed by atoms with Gasteiger partial charge in [0.15, 0.2) is 12.4 Å². The first kappa shape index (κ1) is 17.7. The Kier molecular flexibility index (Phi) is 5.31. The Balaban J connectivity index is 1.82. The first-order valence-electron chi connectivity index (χ1n) is 8.35. The lowest BCUT2D eigenvalue weighted by atomic mass is 10.1. The minimum atomic E-state index is -0.651. The van der Waals surface area contributed by atoms with Gasteiger partial charge in [0.25, 0.3) is 11.6 Å². The average Bonchev–Trinajstić information content (AvgIpc) is 3.29. The van der Waals surface area contributed by atoms with E-state index in [0.717, 1.165) is 12.8 Å². The lowest BCUT2D eigenvalue weighted by Crippen LogP contribution is -2.29. The third-order valence-electron chi connectivity index (χ3n) is 3.80. The topological polar surface area (TPSA) is 107 Å². The van der Waals surface area contributed by atoms with Gasteiger partial charge >= 0.3 is 5.97 Å². The fourth-order valence-corrected chi connectivity index (χ4v) is 2.47. The van der Waals surface area contributed by atoms with Crippen molar-refractivity contribution >= 4 is 23.0 Å². The molecule has 0 spiro atoms. The van der Waals surface area contributed by atoms with E-state index in [4.69, 9.17) is 13.7 Å². The van der Waals surface area contributed by atoms with Crippen molar-refractivity contribution in [2.24, 2.45) is 0 Å². The second kappa shape index (κ2) is 7.81. The second-order valence-electron chi connectivity index (χ2n) is 5.76. The molecule has 0 aliphatic rings. The molecule has 0 radical (unpaired) electrons. The highest BCUT2D eigenvalue weighted by atomic mass is 16.5. The number of aryl methyl sites for hydroxylation is 1. The van der Waals surface area contributed by atoms with Crippen LogP contribution in [0.2, 0.25) is 0 Å². The highest BCUT2D eigenvalue weighted by Gasteiger charge is 2.21. The Hall–Kier alpha value is -3.16. The smallest absolute Gasteiger partial charge is 0.339 e. The zero-order chi connectivity index (χ0) is 18.5. The summed E-state index contributed by atoms with van der Waals surface area (Å²) in [5.74, 6) is -0.514. The van der Waals surface area contributed by atoms with Gasteiger partial charge in [0, 0.05) is 6.54 Å². The molecule has 0 aliphatic heterocycles. The molecule has 0 unspecified atom stereocenters. The molecule has 8 nitrogen and oxygen atoms in total. The number of carbonyl (C=O) groups is 2. The van der Waals surface area contributed by atoms with Crippen LogP contribution in [0.25, 0.3) is 22.6 Å². The molecule has 0 aromatic carbocycles. The van der Waals surface area contributed by atoms with Crippen LogP contribution in [0, 0.1) is 6.92 Å². The minimum absolute atomic E-state index is 0.204. The number of aromatic nitrogens is 2. The van der Waals surface area contributed by atoms with Crippen LogP contribution in [0.1, 0.15) is 35.8 Å². The number of ether oxygens (including phenoxy) is 1. The molecule has 8 heteroatoms. The number of nitrogens with one attached hydrogen (secondary N) is 1. The van der Waals surface area contributed by atoms with Crippen LogP contribution in [0.3, 0.4) is 0 Å². The van der Waals surface area contributed by atoms with Crippen LogP contribution in [-0.2, 0) is 9.53 Å². The predicted molar refractivity (Wildman–Crippen MR) is 92.4 cm³/mol. The number of unbranched alkanes of at least 4 members (excludes halogenated alkanes) is 1. The molecule has 1 N–H and O–H groups in total. The number of fused-ring (bicyclic) bond motifs is 1. The fourth-order valence-electron chi connectivity index (χ4n) is 2.47. The molecule has 136 valence electrons.